The van der Waals surface area contributed by atoms with Crippen LogP contribution < -0.4 is 0 Å². The first-order valence-electron chi connectivity index (χ1n) is 10.1. The lowest BCUT2D eigenvalue weighted by Gasteiger charge is -2.34. The zero-order valence-electron chi connectivity index (χ0n) is 17.7. The number of piperazine rings is 1. The minimum atomic E-state index is -3.63. The van der Waals surface area contributed by atoms with Crippen LogP contribution in [-0.4, -0.2) is 54.7 Å². The summed E-state index contributed by atoms with van der Waals surface area (Å²) in [5.74, 6) is -0.611. The Morgan fingerprint density at radius 3 is 2.39 bits per heavy atom. The fourth-order valence-electron chi connectivity index (χ4n) is 3.94. The maximum atomic E-state index is 13.6. The zero-order chi connectivity index (χ0) is 22.3. The van der Waals surface area contributed by atoms with Crippen molar-refractivity contribution in [2.75, 3.05) is 26.2 Å². The Morgan fingerprint density at radius 1 is 0.968 bits per heavy atom. The van der Waals surface area contributed by atoms with Crippen molar-refractivity contribution in [2.45, 2.75) is 25.7 Å². The SMILES string of the molecule is Cc1ccc(C)c(S(=O)(=O)N2CCN(C(=O)c3cc(C)nc4cc(F)ccc34)CC2)c1. The van der Waals surface area contributed by atoms with Crippen LogP contribution >= 0.6 is 0 Å². The van der Waals surface area contributed by atoms with Crippen molar-refractivity contribution in [1.82, 2.24) is 14.2 Å². The van der Waals surface area contributed by atoms with Crippen LogP contribution in [0.15, 0.2) is 47.4 Å². The molecule has 8 heteroatoms. The first-order chi connectivity index (χ1) is 14.7. The molecule has 1 aromatic heterocycles. The van der Waals surface area contributed by atoms with E-state index < -0.39 is 15.8 Å². The van der Waals surface area contributed by atoms with Gasteiger partial charge in [-0.1, -0.05) is 12.1 Å². The van der Waals surface area contributed by atoms with Gasteiger partial charge in [0.25, 0.3) is 5.91 Å². The van der Waals surface area contributed by atoms with Gasteiger partial charge in [0.1, 0.15) is 5.82 Å². The molecule has 31 heavy (non-hydrogen) atoms. The van der Waals surface area contributed by atoms with Crippen LogP contribution in [0.2, 0.25) is 0 Å². The van der Waals surface area contributed by atoms with E-state index in [9.17, 15) is 17.6 Å². The van der Waals surface area contributed by atoms with Gasteiger partial charge in [0, 0.05) is 43.3 Å². The number of rotatable bonds is 3. The van der Waals surface area contributed by atoms with E-state index in [0.717, 1.165) is 5.56 Å². The fraction of sp³-hybridized carbons (Fsp3) is 0.304. The molecule has 0 aliphatic carbocycles. The lowest BCUT2D eigenvalue weighted by Crippen LogP contribution is -2.50. The Bertz CT molecular complexity index is 1280. The molecule has 3 aromatic rings. The van der Waals surface area contributed by atoms with Crippen molar-refractivity contribution in [1.29, 1.82) is 0 Å². The third-order valence-electron chi connectivity index (χ3n) is 5.62. The third-order valence-corrected chi connectivity index (χ3v) is 7.66. The van der Waals surface area contributed by atoms with E-state index in [1.54, 1.807) is 36.9 Å². The van der Waals surface area contributed by atoms with E-state index in [4.69, 9.17) is 0 Å². The molecule has 162 valence electrons. The molecule has 0 N–H and O–H groups in total. The summed E-state index contributed by atoms with van der Waals surface area (Å²) in [6, 6.07) is 11.3. The van der Waals surface area contributed by atoms with Gasteiger partial charge in [0.05, 0.1) is 16.0 Å². The van der Waals surface area contributed by atoms with Gasteiger partial charge in [-0.05, 0) is 56.2 Å². The molecule has 0 unspecified atom stereocenters. The average molecular weight is 442 g/mol. The highest BCUT2D eigenvalue weighted by Gasteiger charge is 2.32. The zero-order valence-corrected chi connectivity index (χ0v) is 18.5. The molecule has 1 amide bonds. The van der Waals surface area contributed by atoms with Crippen LogP contribution in [0.3, 0.4) is 0 Å². The van der Waals surface area contributed by atoms with E-state index in [2.05, 4.69) is 4.98 Å². The predicted molar refractivity (Wildman–Crippen MR) is 117 cm³/mol. The summed E-state index contributed by atoms with van der Waals surface area (Å²) in [4.78, 5) is 19.5. The maximum Gasteiger partial charge on any atom is 0.254 e. The number of benzene rings is 2. The Labute approximate surface area is 181 Å². The smallest absolute Gasteiger partial charge is 0.254 e. The average Bonchev–Trinajstić information content (AvgIpc) is 2.74. The van der Waals surface area contributed by atoms with Gasteiger partial charge in [0.2, 0.25) is 10.0 Å². The van der Waals surface area contributed by atoms with Crippen LogP contribution in [0.1, 0.15) is 27.2 Å². The van der Waals surface area contributed by atoms with E-state index in [1.165, 1.54) is 16.4 Å². The number of aryl methyl sites for hydroxylation is 3. The molecule has 0 spiro atoms. The van der Waals surface area contributed by atoms with Gasteiger partial charge in [-0.3, -0.25) is 9.78 Å². The quantitative estimate of drug-likeness (QED) is 0.624. The van der Waals surface area contributed by atoms with Crippen LogP contribution in [-0.2, 0) is 10.0 Å². The van der Waals surface area contributed by atoms with Crippen LogP contribution in [0.25, 0.3) is 10.9 Å². The summed E-state index contributed by atoms with van der Waals surface area (Å²) in [6.45, 7) is 6.42. The van der Waals surface area contributed by atoms with Crippen molar-refractivity contribution >= 4 is 26.8 Å². The van der Waals surface area contributed by atoms with Crippen molar-refractivity contribution in [3.8, 4) is 0 Å². The Morgan fingerprint density at radius 2 is 1.68 bits per heavy atom. The molecule has 2 aromatic carbocycles. The first-order valence-corrected chi connectivity index (χ1v) is 11.5. The molecule has 6 nitrogen and oxygen atoms in total. The molecule has 1 aliphatic heterocycles. The molecule has 2 heterocycles. The number of hydrogen-bond donors (Lipinski definition) is 0. The highest BCUT2D eigenvalue weighted by atomic mass is 32.2. The molecule has 0 saturated carbocycles. The maximum absolute atomic E-state index is 13.6. The number of carbonyl (C=O) groups is 1. The summed E-state index contributed by atoms with van der Waals surface area (Å²) >= 11 is 0. The molecule has 1 saturated heterocycles. The minimum absolute atomic E-state index is 0.203. The number of aromatic nitrogens is 1. The standard InChI is InChI=1S/C23H24FN3O3S/c1-15-4-5-16(2)22(12-15)31(29,30)27-10-8-26(9-11-27)23(28)20-13-17(3)25-21-14-18(24)6-7-19(20)21/h4-7,12-14H,8-11H2,1-3H3. The van der Waals surface area contributed by atoms with E-state index in [0.29, 0.717) is 32.6 Å². The number of sulfonamides is 1. The molecular formula is C23H24FN3O3S. The number of carbonyl (C=O) groups excluding carboxylic acids is 1. The van der Waals surface area contributed by atoms with Gasteiger partial charge < -0.3 is 4.90 Å². The second kappa shape index (κ2) is 8.01. The van der Waals surface area contributed by atoms with Gasteiger partial charge >= 0.3 is 0 Å². The van der Waals surface area contributed by atoms with E-state index in [1.807, 2.05) is 19.1 Å². The van der Waals surface area contributed by atoms with Gasteiger partial charge in [-0.25, -0.2) is 12.8 Å². The Balaban J connectivity index is 1.56. The van der Waals surface area contributed by atoms with Gasteiger partial charge in [-0.2, -0.15) is 4.31 Å². The molecular weight excluding hydrogens is 417 g/mol. The lowest BCUT2D eigenvalue weighted by atomic mass is 10.1. The molecule has 0 radical (unpaired) electrons. The molecule has 1 fully saturated rings. The summed E-state index contributed by atoms with van der Waals surface area (Å²) < 4.78 is 41.3. The number of halogens is 1. The first kappa shape index (κ1) is 21.4. The number of fused-ring (bicyclic) bond motifs is 1. The van der Waals surface area contributed by atoms with Crippen molar-refractivity contribution in [3.63, 3.8) is 0 Å². The lowest BCUT2D eigenvalue weighted by molar-refractivity contribution is 0.0699. The Hall–Kier alpha value is -2.84. The van der Waals surface area contributed by atoms with E-state index in [-0.39, 0.29) is 32.1 Å². The monoisotopic (exact) mass is 441 g/mol. The minimum Gasteiger partial charge on any atom is -0.336 e. The highest BCUT2D eigenvalue weighted by molar-refractivity contribution is 7.89. The van der Waals surface area contributed by atoms with Crippen molar-refractivity contribution in [2.24, 2.45) is 0 Å². The Kier molecular flexibility index (Phi) is 5.53. The number of pyridine rings is 1. The van der Waals surface area contributed by atoms with Crippen LogP contribution in [0, 0.1) is 26.6 Å². The normalized spacial score (nSPS) is 15.4. The van der Waals surface area contributed by atoms with E-state index >= 15 is 0 Å². The summed E-state index contributed by atoms with van der Waals surface area (Å²) in [7, 11) is -3.63. The number of amides is 1. The van der Waals surface area contributed by atoms with Crippen LogP contribution in [0.4, 0.5) is 4.39 Å². The van der Waals surface area contributed by atoms with Crippen LogP contribution in [0.5, 0.6) is 0 Å². The van der Waals surface area contributed by atoms with Crippen molar-refractivity contribution < 1.29 is 17.6 Å². The second-order valence-corrected chi connectivity index (χ2v) is 9.84. The summed E-state index contributed by atoms with van der Waals surface area (Å²) in [5.41, 5.74) is 3.09. The highest BCUT2D eigenvalue weighted by Crippen LogP contribution is 2.25. The predicted octanol–water partition coefficient (Wildman–Crippen LogP) is 3.45. The molecule has 0 atom stereocenters. The number of nitrogens with zero attached hydrogens (tertiary/aromatic N) is 3. The summed E-state index contributed by atoms with van der Waals surface area (Å²) in [5, 5.41) is 0.586. The number of hydrogen-bond acceptors (Lipinski definition) is 4. The molecule has 1 aliphatic rings. The topological polar surface area (TPSA) is 70.6 Å². The molecule has 4 rings (SSSR count). The largest absolute Gasteiger partial charge is 0.336 e. The fourth-order valence-corrected chi connectivity index (χ4v) is 5.67. The van der Waals surface area contributed by atoms with Gasteiger partial charge in [0.15, 0.2) is 0 Å². The second-order valence-electron chi connectivity index (χ2n) is 7.94. The van der Waals surface area contributed by atoms with Gasteiger partial charge in [-0.15, -0.1) is 0 Å². The van der Waals surface area contributed by atoms with Crippen molar-refractivity contribution in [3.05, 3.63) is 70.7 Å². The molecule has 0 bridgehead atoms. The summed E-state index contributed by atoms with van der Waals surface area (Å²) in [6.07, 6.45) is 0. The third kappa shape index (κ3) is 4.05.